The van der Waals surface area contributed by atoms with Gasteiger partial charge in [-0.05, 0) is 36.8 Å². The fourth-order valence-electron chi connectivity index (χ4n) is 2.32. The lowest BCUT2D eigenvalue weighted by Gasteiger charge is -2.09. The van der Waals surface area contributed by atoms with Gasteiger partial charge in [0.15, 0.2) is 4.90 Å². The number of nitrogens with one attached hydrogen (secondary N) is 1. The summed E-state index contributed by atoms with van der Waals surface area (Å²) in [6, 6.07) is 10.7. The van der Waals surface area contributed by atoms with E-state index in [0.29, 0.717) is 12.2 Å². The van der Waals surface area contributed by atoms with E-state index in [-0.39, 0.29) is 5.69 Å². The van der Waals surface area contributed by atoms with Crippen LogP contribution in [0, 0.1) is 10.1 Å². The zero-order valence-electron chi connectivity index (χ0n) is 14.8. The average molecular weight is 392 g/mol. The van der Waals surface area contributed by atoms with Crippen LogP contribution in [0.2, 0.25) is 0 Å². The molecule has 2 aromatic rings. The summed E-state index contributed by atoms with van der Waals surface area (Å²) < 4.78 is 32.3. The van der Waals surface area contributed by atoms with Crippen LogP contribution in [-0.4, -0.2) is 25.9 Å². The first-order valence-electron chi connectivity index (χ1n) is 8.38. The number of esters is 1. The molecule has 2 aromatic carbocycles. The molecule has 0 aliphatic carbocycles. The SMILES string of the molecule is CCCCCOC(=O)c1ccc(NS(=O)(=O)c2ccccc2[N+](=O)[O-])cc1. The lowest BCUT2D eigenvalue weighted by Crippen LogP contribution is -2.15. The standard InChI is InChI=1S/C18H20N2O6S/c1-2-3-6-13-26-18(21)14-9-11-15(12-10-14)19-27(24,25)17-8-5-4-7-16(17)20(22)23/h4-5,7-12,19H,2-3,6,13H2,1H3. The zero-order chi connectivity index (χ0) is 19.9. The predicted molar refractivity (Wildman–Crippen MR) is 100 cm³/mol. The number of nitro benzene ring substituents is 1. The molecule has 0 aromatic heterocycles. The van der Waals surface area contributed by atoms with Crippen LogP contribution in [0.3, 0.4) is 0 Å². The molecule has 0 bridgehead atoms. The quantitative estimate of drug-likeness (QED) is 0.301. The minimum atomic E-state index is -4.15. The molecular formula is C18H20N2O6S. The zero-order valence-corrected chi connectivity index (χ0v) is 15.6. The summed E-state index contributed by atoms with van der Waals surface area (Å²) in [4.78, 5) is 21.7. The summed E-state index contributed by atoms with van der Waals surface area (Å²) in [5.74, 6) is -0.487. The Balaban J connectivity index is 2.10. The highest BCUT2D eigenvalue weighted by atomic mass is 32.2. The van der Waals surface area contributed by atoms with E-state index in [0.717, 1.165) is 31.4 Å². The van der Waals surface area contributed by atoms with Crippen molar-refractivity contribution >= 4 is 27.4 Å². The van der Waals surface area contributed by atoms with Crippen LogP contribution < -0.4 is 4.72 Å². The van der Waals surface area contributed by atoms with Gasteiger partial charge < -0.3 is 4.74 Å². The summed E-state index contributed by atoms with van der Waals surface area (Å²) in [5.41, 5.74) is -0.0481. The molecule has 0 saturated carbocycles. The van der Waals surface area contributed by atoms with Crippen LogP contribution >= 0.6 is 0 Å². The Morgan fingerprint density at radius 1 is 1.11 bits per heavy atom. The number of rotatable bonds is 9. The van der Waals surface area contributed by atoms with Crippen molar-refractivity contribution in [3.05, 3.63) is 64.2 Å². The van der Waals surface area contributed by atoms with E-state index in [1.807, 2.05) is 6.92 Å². The second-order valence-electron chi connectivity index (χ2n) is 5.75. The van der Waals surface area contributed by atoms with E-state index in [9.17, 15) is 23.3 Å². The number of para-hydroxylation sites is 1. The fourth-order valence-corrected chi connectivity index (χ4v) is 3.55. The maximum absolute atomic E-state index is 12.4. The van der Waals surface area contributed by atoms with Crippen LogP contribution in [0.5, 0.6) is 0 Å². The van der Waals surface area contributed by atoms with Gasteiger partial charge in [-0.3, -0.25) is 14.8 Å². The smallest absolute Gasteiger partial charge is 0.338 e. The van der Waals surface area contributed by atoms with Gasteiger partial charge in [0, 0.05) is 11.8 Å². The molecule has 0 unspecified atom stereocenters. The third-order valence-corrected chi connectivity index (χ3v) is 5.13. The van der Waals surface area contributed by atoms with Crippen LogP contribution in [-0.2, 0) is 14.8 Å². The maximum Gasteiger partial charge on any atom is 0.338 e. The third-order valence-electron chi connectivity index (χ3n) is 3.71. The Labute approximate surface area is 157 Å². The number of sulfonamides is 1. The molecule has 0 saturated heterocycles. The van der Waals surface area contributed by atoms with E-state index in [2.05, 4.69) is 4.72 Å². The van der Waals surface area contributed by atoms with E-state index in [1.165, 1.54) is 36.4 Å². The number of carbonyl (C=O) groups is 1. The van der Waals surface area contributed by atoms with Crippen molar-refractivity contribution in [1.29, 1.82) is 0 Å². The molecule has 8 nitrogen and oxygen atoms in total. The highest BCUT2D eigenvalue weighted by molar-refractivity contribution is 7.92. The monoisotopic (exact) mass is 392 g/mol. The molecular weight excluding hydrogens is 372 g/mol. The second kappa shape index (κ2) is 9.13. The average Bonchev–Trinajstić information content (AvgIpc) is 2.65. The van der Waals surface area contributed by atoms with Crippen LogP contribution in [0.25, 0.3) is 0 Å². The molecule has 0 atom stereocenters. The Morgan fingerprint density at radius 2 is 1.78 bits per heavy atom. The summed E-state index contributed by atoms with van der Waals surface area (Å²) in [7, 11) is -4.15. The molecule has 27 heavy (non-hydrogen) atoms. The summed E-state index contributed by atoms with van der Waals surface area (Å²) in [6.45, 7) is 2.38. The number of benzene rings is 2. The highest BCUT2D eigenvalue weighted by Crippen LogP contribution is 2.25. The number of anilines is 1. The molecule has 0 radical (unpaired) electrons. The van der Waals surface area contributed by atoms with E-state index in [4.69, 9.17) is 4.74 Å². The van der Waals surface area contributed by atoms with Crippen molar-refractivity contribution in [2.24, 2.45) is 0 Å². The minimum Gasteiger partial charge on any atom is -0.462 e. The van der Waals surface area contributed by atoms with Gasteiger partial charge in [0.25, 0.3) is 15.7 Å². The number of nitrogens with zero attached hydrogens (tertiary/aromatic N) is 1. The number of hydrogen-bond donors (Lipinski definition) is 1. The van der Waals surface area contributed by atoms with Gasteiger partial charge in [0.05, 0.1) is 17.1 Å². The first kappa shape index (κ1) is 20.4. The topological polar surface area (TPSA) is 116 Å². The molecule has 9 heteroatoms. The van der Waals surface area contributed by atoms with Gasteiger partial charge in [-0.15, -0.1) is 0 Å². The van der Waals surface area contributed by atoms with Gasteiger partial charge in [0.2, 0.25) is 0 Å². The molecule has 0 aliphatic rings. The van der Waals surface area contributed by atoms with Crippen molar-refractivity contribution in [3.63, 3.8) is 0 Å². The third kappa shape index (κ3) is 5.52. The van der Waals surface area contributed by atoms with Gasteiger partial charge in [-0.2, -0.15) is 0 Å². The molecule has 0 aliphatic heterocycles. The molecule has 0 heterocycles. The lowest BCUT2D eigenvalue weighted by molar-refractivity contribution is -0.387. The highest BCUT2D eigenvalue weighted by Gasteiger charge is 2.25. The second-order valence-corrected chi connectivity index (χ2v) is 7.40. The Kier molecular flexibility index (Phi) is 6.89. The Hall–Kier alpha value is -2.94. The number of nitro groups is 1. The Bertz CT molecular complexity index is 910. The molecule has 144 valence electrons. The Morgan fingerprint density at radius 3 is 2.41 bits per heavy atom. The first-order chi connectivity index (χ1) is 12.8. The molecule has 0 amide bonds. The minimum absolute atomic E-state index is 0.177. The van der Waals surface area contributed by atoms with Crippen LogP contribution in [0.1, 0.15) is 36.5 Å². The van der Waals surface area contributed by atoms with Gasteiger partial charge in [-0.1, -0.05) is 31.9 Å². The fraction of sp³-hybridized carbons (Fsp3) is 0.278. The van der Waals surface area contributed by atoms with Gasteiger partial charge in [0.1, 0.15) is 0 Å². The molecule has 1 N–H and O–H groups in total. The number of hydrogen-bond acceptors (Lipinski definition) is 6. The van der Waals surface area contributed by atoms with E-state index < -0.39 is 31.5 Å². The summed E-state index contributed by atoms with van der Waals surface area (Å²) in [6.07, 6.45) is 2.78. The number of ether oxygens (including phenoxy) is 1. The van der Waals surface area contributed by atoms with Crippen molar-refractivity contribution in [2.45, 2.75) is 31.1 Å². The summed E-state index contributed by atoms with van der Waals surface area (Å²) >= 11 is 0. The largest absolute Gasteiger partial charge is 0.462 e. The van der Waals surface area contributed by atoms with E-state index >= 15 is 0 Å². The number of unbranched alkanes of at least 4 members (excludes halogenated alkanes) is 2. The lowest BCUT2D eigenvalue weighted by atomic mass is 10.2. The van der Waals surface area contributed by atoms with Gasteiger partial charge >= 0.3 is 5.97 Å². The van der Waals surface area contributed by atoms with Crippen LogP contribution in [0.4, 0.5) is 11.4 Å². The van der Waals surface area contributed by atoms with Crippen LogP contribution in [0.15, 0.2) is 53.4 Å². The summed E-state index contributed by atoms with van der Waals surface area (Å²) in [5, 5.41) is 11.0. The molecule has 0 fully saturated rings. The molecule has 0 spiro atoms. The predicted octanol–water partition coefficient (Wildman–Crippen LogP) is 3.74. The first-order valence-corrected chi connectivity index (χ1v) is 9.87. The molecule has 2 rings (SSSR count). The number of carbonyl (C=O) groups excluding carboxylic acids is 1. The van der Waals surface area contributed by atoms with Gasteiger partial charge in [-0.25, -0.2) is 13.2 Å². The van der Waals surface area contributed by atoms with Crippen molar-refractivity contribution in [3.8, 4) is 0 Å². The van der Waals surface area contributed by atoms with E-state index in [1.54, 1.807) is 0 Å². The van der Waals surface area contributed by atoms with Crippen molar-refractivity contribution in [2.75, 3.05) is 11.3 Å². The normalized spacial score (nSPS) is 11.0. The van der Waals surface area contributed by atoms with Crippen molar-refractivity contribution < 1.29 is 22.9 Å². The maximum atomic E-state index is 12.4. The van der Waals surface area contributed by atoms with Crippen molar-refractivity contribution in [1.82, 2.24) is 0 Å².